The minimum atomic E-state index is -4.97. The highest BCUT2D eigenvalue weighted by Crippen LogP contribution is 2.45. The van der Waals surface area contributed by atoms with Crippen LogP contribution in [-0.2, 0) is 65.4 Å². The molecule has 0 saturated carbocycles. The summed E-state index contributed by atoms with van der Waals surface area (Å²) < 4.78 is 68.9. The SMILES string of the molecule is CCCCCCCCCCCCCCCCCCCCCC(=O)OC[C@H](COP(=O)(O)OC[C@@H](O)COP(=O)(O)OC[C@@H](COC(=O)CCCCCCCCCCC(C)C)OC(=O)CCCCCCCCCCCCCCCC(C)C)OC(=O)CCCCCCCCCCCCCCCCCCCCC. The number of hydrogen-bond acceptors (Lipinski definition) is 15. The molecular formula is C86H168O17P2. The molecule has 0 fully saturated rings. The van der Waals surface area contributed by atoms with E-state index in [0.717, 1.165) is 102 Å². The molecule has 0 aromatic heterocycles. The maximum atomic E-state index is 13.1. The Morgan fingerprint density at radius 3 is 0.648 bits per heavy atom. The van der Waals surface area contributed by atoms with Crippen molar-refractivity contribution in [3.05, 3.63) is 0 Å². The molecule has 19 heteroatoms. The highest BCUT2D eigenvalue weighted by molar-refractivity contribution is 7.47. The molecule has 5 atom stereocenters. The van der Waals surface area contributed by atoms with Crippen molar-refractivity contribution in [3.63, 3.8) is 0 Å². The van der Waals surface area contributed by atoms with Crippen molar-refractivity contribution in [2.24, 2.45) is 11.8 Å². The Kier molecular flexibility index (Phi) is 76.0. The van der Waals surface area contributed by atoms with Gasteiger partial charge in [0.15, 0.2) is 12.2 Å². The van der Waals surface area contributed by atoms with Crippen LogP contribution in [-0.4, -0.2) is 96.7 Å². The van der Waals surface area contributed by atoms with Crippen molar-refractivity contribution < 1.29 is 80.2 Å². The summed E-state index contributed by atoms with van der Waals surface area (Å²) in [6, 6.07) is 0. The van der Waals surface area contributed by atoms with E-state index in [9.17, 15) is 43.2 Å². The van der Waals surface area contributed by atoms with E-state index in [1.165, 1.54) is 276 Å². The van der Waals surface area contributed by atoms with Gasteiger partial charge in [-0.3, -0.25) is 37.3 Å². The molecule has 0 spiro atoms. The first-order valence-electron chi connectivity index (χ1n) is 44.5. The van der Waals surface area contributed by atoms with Crippen LogP contribution in [0.2, 0.25) is 0 Å². The Morgan fingerprint density at radius 1 is 0.257 bits per heavy atom. The van der Waals surface area contributed by atoms with Gasteiger partial charge in [0.1, 0.15) is 19.3 Å². The average Bonchev–Trinajstić information content (AvgIpc) is 0.905. The van der Waals surface area contributed by atoms with E-state index in [1.807, 2.05) is 0 Å². The first-order chi connectivity index (χ1) is 50.9. The lowest BCUT2D eigenvalue weighted by molar-refractivity contribution is -0.161. The maximum Gasteiger partial charge on any atom is 0.472 e. The third-order valence-corrected chi connectivity index (χ3v) is 22.1. The molecule has 0 aliphatic carbocycles. The Labute approximate surface area is 645 Å². The monoisotopic (exact) mass is 1540 g/mol. The summed E-state index contributed by atoms with van der Waals surface area (Å²) in [7, 11) is -9.93. The number of aliphatic hydroxyl groups is 1. The molecule has 0 aliphatic heterocycles. The van der Waals surface area contributed by atoms with E-state index in [0.29, 0.717) is 25.7 Å². The van der Waals surface area contributed by atoms with Gasteiger partial charge in [-0.1, -0.05) is 408 Å². The second-order valence-corrected chi connectivity index (χ2v) is 34.8. The third-order valence-electron chi connectivity index (χ3n) is 20.2. The lowest BCUT2D eigenvalue weighted by Crippen LogP contribution is -2.30. The predicted molar refractivity (Wildman–Crippen MR) is 432 cm³/mol. The zero-order chi connectivity index (χ0) is 77.1. The standard InChI is InChI=1S/C86H168O17P2/c1-7-9-11-13-15-17-19-21-23-25-27-29-31-35-39-43-50-56-62-68-83(88)96-74-81(102-85(90)70-64-58-52-44-40-36-32-30-28-26-24-22-20-18-16-14-12-10-8-2)76-100-104(92,93)98-72-80(87)73-99-105(94,95)101-77-82(75-97-84(89)69-63-57-51-47-46-49-55-61-67-79(5)6)103-86(91)71-65-59-53-45-41-37-33-34-38-42-48-54-60-66-78(3)4/h78-82,87H,7-77H2,1-6H3,(H,92,93)(H,94,95)/t80-,81-,82-/m1/s1. The van der Waals surface area contributed by atoms with Crippen molar-refractivity contribution in [3.8, 4) is 0 Å². The van der Waals surface area contributed by atoms with Gasteiger partial charge >= 0.3 is 39.5 Å². The molecule has 2 unspecified atom stereocenters. The van der Waals surface area contributed by atoms with Crippen LogP contribution in [0, 0.1) is 11.8 Å². The van der Waals surface area contributed by atoms with Gasteiger partial charge in [-0.15, -0.1) is 0 Å². The van der Waals surface area contributed by atoms with E-state index in [1.54, 1.807) is 0 Å². The number of esters is 4. The number of aliphatic hydroxyl groups excluding tert-OH is 1. The minimum absolute atomic E-state index is 0.107. The molecule has 0 rings (SSSR count). The topological polar surface area (TPSA) is 237 Å². The minimum Gasteiger partial charge on any atom is -0.462 e. The van der Waals surface area contributed by atoms with Gasteiger partial charge in [0.05, 0.1) is 26.4 Å². The van der Waals surface area contributed by atoms with Crippen LogP contribution in [0.4, 0.5) is 0 Å². The predicted octanol–water partition coefficient (Wildman–Crippen LogP) is 26.2. The Balaban J connectivity index is 5.24. The van der Waals surface area contributed by atoms with Gasteiger partial charge in [0, 0.05) is 25.7 Å². The maximum absolute atomic E-state index is 13.1. The van der Waals surface area contributed by atoms with Gasteiger partial charge in [-0.05, 0) is 37.5 Å². The number of carbonyl (C=O) groups excluding carboxylic acids is 4. The lowest BCUT2D eigenvalue weighted by atomic mass is 10.0. The van der Waals surface area contributed by atoms with Crippen molar-refractivity contribution in [2.75, 3.05) is 39.6 Å². The Bertz CT molecular complexity index is 2010. The number of rotatable bonds is 85. The molecule has 0 aliphatic rings. The zero-order valence-corrected chi connectivity index (χ0v) is 70.8. The molecular weight excluding hydrogens is 1370 g/mol. The van der Waals surface area contributed by atoms with Crippen LogP contribution in [0.25, 0.3) is 0 Å². The summed E-state index contributed by atoms with van der Waals surface area (Å²) in [6.07, 6.45) is 69.5. The van der Waals surface area contributed by atoms with Gasteiger partial charge in [0.25, 0.3) is 0 Å². The summed E-state index contributed by atoms with van der Waals surface area (Å²) in [5.74, 6) is -0.590. The van der Waals surface area contributed by atoms with E-state index < -0.39 is 97.5 Å². The van der Waals surface area contributed by atoms with Crippen molar-refractivity contribution in [2.45, 2.75) is 477 Å². The zero-order valence-electron chi connectivity index (χ0n) is 69.0. The molecule has 3 N–H and O–H groups in total. The van der Waals surface area contributed by atoms with Crippen molar-refractivity contribution in [1.82, 2.24) is 0 Å². The fourth-order valence-corrected chi connectivity index (χ4v) is 15.0. The normalized spacial score (nSPS) is 13.8. The third kappa shape index (κ3) is 79.9. The number of phosphoric ester groups is 2. The second-order valence-electron chi connectivity index (χ2n) is 31.9. The lowest BCUT2D eigenvalue weighted by Gasteiger charge is -2.21. The van der Waals surface area contributed by atoms with Crippen LogP contribution in [0.15, 0.2) is 0 Å². The molecule has 0 saturated heterocycles. The van der Waals surface area contributed by atoms with E-state index in [4.69, 9.17) is 37.0 Å². The van der Waals surface area contributed by atoms with Crippen LogP contribution in [0.1, 0.15) is 459 Å². The molecule has 105 heavy (non-hydrogen) atoms. The summed E-state index contributed by atoms with van der Waals surface area (Å²) in [4.78, 5) is 73.2. The van der Waals surface area contributed by atoms with Crippen LogP contribution >= 0.6 is 15.6 Å². The Hall–Kier alpha value is -1.94. The van der Waals surface area contributed by atoms with E-state index in [2.05, 4.69) is 41.5 Å². The van der Waals surface area contributed by atoms with Gasteiger partial charge < -0.3 is 33.8 Å². The number of ether oxygens (including phenoxy) is 4. The number of unbranched alkanes of at least 4 members (excludes halogenated alkanes) is 55. The fraction of sp³-hybridized carbons (Fsp3) is 0.953. The molecule has 0 aromatic rings. The average molecular weight is 1540 g/mol. The Morgan fingerprint density at radius 2 is 0.438 bits per heavy atom. The first-order valence-corrected chi connectivity index (χ1v) is 47.5. The largest absolute Gasteiger partial charge is 0.472 e. The first kappa shape index (κ1) is 103. The van der Waals surface area contributed by atoms with Crippen molar-refractivity contribution >= 4 is 39.5 Å². The molecule has 0 radical (unpaired) electrons. The summed E-state index contributed by atoms with van der Waals surface area (Å²) in [5, 5.41) is 10.7. The molecule has 17 nitrogen and oxygen atoms in total. The summed E-state index contributed by atoms with van der Waals surface area (Å²) >= 11 is 0. The van der Waals surface area contributed by atoms with Gasteiger partial charge in [0.2, 0.25) is 0 Å². The second kappa shape index (κ2) is 77.4. The summed E-state index contributed by atoms with van der Waals surface area (Å²) in [5.41, 5.74) is 0. The van der Waals surface area contributed by atoms with Crippen LogP contribution in [0.3, 0.4) is 0 Å². The van der Waals surface area contributed by atoms with Gasteiger partial charge in [-0.2, -0.15) is 0 Å². The van der Waals surface area contributed by atoms with Crippen LogP contribution in [0.5, 0.6) is 0 Å². The number of carbonyl (C=O) groups is 4. The smallest absolute Gasteiger partial charge is 0.462 e. The highest BCUT2D eigenvalue weighted by atomic mass is 31.2. The quantitative estimate of drug-likeness (QED) is 0.0222. The van der Waals surface area contributed by atoms with Crippen molar-refractivity contribution in [1.29, 1.82) is 0 Å². The number of phosphoric acid groups is 2. The van der Waals surface area contributed by atoms with E-state index in [-0.39, 0.29) is 25.7 Å². The van der Waals surface area contributed by atoms with E-state index >= 15 is 0 Å². The molecule has 0 amide bonds. The molecule has 0 aromatic carbocycles. The van der Waals surface area contributed by atoms with Crippen LogP contribution < -0.4 is 0 Å². The van der Waals surface area contributed by atoms with Gasteiger partial charge in [-0.25, -0.2) is 9.13 Å². The fourth-order valence-electron chi connectivity index (χ4n) is 13.4. The highest BCUT2D eigenvalue weighted by Gasteiger charge is 2.30. The molecule has 624 valence electrons. The summed E-state index contributed by atoms with van der Waals surface area (Å²) in [6.45, 7) is 9.65. The number of hydrogen-bond donors (Lipinski definition) is 3. The molecule has 0 bridgehead atoms. The molecule has 0 heterocycles.